The molecule has 1 aromatic carbocycles. The van der Waals surface area contributed by atoms with Gasteiger partial charge in [-0.2, -0.15) is 0 Å². The van der Waals surface area contributed by atoms with E-state index in [-0.39, 0.29) is 12.1 Å². The Labute approximate surface area is 111 Å². The van der Waals surface area contributed by atoms with Crippen molar-refractivity contribution in [1.82, 2.24) is 5.32 Å². The van der Waals surface area contributed by atoms with Gasteiger partial charge in [0.05, 0.1) is 19.2 Å². The molecule has 0 heterocycles. The number of nitrogens with one attached hydrogen (secondary N) is 2. The Morgan fingerprint density at radius 1 is 1.26 bits per heavy atom. The monoisotopic (exact) mass is 263 g/mol. The van der Waals surface area contributed by atoms with Crippen LogP contribution in [0.1, 0.15) is 6.42 Å². The van der Waals surface area contributed by atoms with Gasteiger partial charge in [0.15, 0.2) is 0 Å². The predicted molar refractivity (Wildman–Crippen MR) is 72.0 cm³/mol. The molecule has 0 atom stereocenters. The fourth-order valence-corrected chi connectivity index (χ4v) is 1.39. The molecule has 0 aromatic heterocycles. The lowest BCUT2D eigenvalue weighted by Crippen LogP contribution is -2.27. The Hall–Kier alpha value is -2.50. The number of carbonyl (C=O) groups excluding carboxylic acids is 2. The average molecular weight is 263 g/mol. The summed E-state index contributed by atoms with van der Waals surface area (Å²) in [6.07, 6.45) is -0.0823. The maximum absolute atomic E-state index is 11.9. The van der Waals surface area contributed by atoms with Gasteiger partial charge in [0, 0.05) is 12.7 Å². The van der Waals surface area contributed by atoms with Gasteiger partial charge in [-0.15, -0.1) is 0 Å². The third kappa shape index (κ3) is 4.34. The zero-order valence-electron chi connectivity index (χ0n) is 10.9. The van der Waals surface area contributed by atoms with E-state index in [1.54, 1.807) is 31.3 Å². The summed E-state index contributed by atoms with van der Waals surface area (Å²) in [5.74, 6) is -0.945. The van der Waals surface area contributed by atoms with Crippen LogP contribution in [-0.4, -0.2) is 26.0 Å². The lowest BCUT2D eigenvalue weighted by molar-refractivity contribution is -0.139. The third-order valence-electron chi connectivity index (χ3n) is 2.45. The van der Waals surface area contributed by atoms with Gasteiger partial charge in [0.1, 0.15) is 5.70 Å². The molecule has 0 fully saturated rings. The van der Waals surface area contributed by atoms with Gasteiger partial charge in [-0.05, 0) is 12.1 Å². The maximum Gasteiger partial charge on any atom is 0.311 e. The Bertz CT molecular complexity index is 483. The SMILES string of the molecule is CN/C(CC(=O)OC)=C(/N)C(=O)Nc1ccccc1. The predicted octanol–water partition coefficient (Wildman–Crippen LogP) is 0.578. The molecule has 102 valence electrons. The first-order chi connectivity index (χ1) is 9.08. The minimum absolute atomic E-state index is 0.0447. The number of amides is 1. The van der Waals surface area contributed by atoms with Crippen molar-refractivity contribution in [3.8, 4) is 0 Å². The minimum atomic E-state index is -0.473. The van der Waals surface area contributed by atoms with Crippen LogP contribution in [0.5, 0.6) is 0 Å². The van der Waals surface area contributed by atoms with Gasteiger partial charge in [0.25, 0.3) is 5.91 Å². The summed E-state index contributed by atoms with van der Waals surface area (Å²) < 4.78 is 4.53. The van der Waals surface area contributed by atoms with Gasteiger partial charge in [-0.3, -0.25) is 9.59 Å². The number of nitrogens with two attached hydrogens (primary N) is 1. The van der Waals surface area contributed by atoms with Crippen molar-refractivity contribution < 1.29 is 14.3 Å². The summed E-state index contributed by atoms with van der Waals surface area (Å²) in [5, 5.41) is 5.36. The zero-order valence-corrected chi connectivity index (χ0v) is 10.9. The largest absolute Gasteiger partial charge is 0.469 e. The highest BCUT2D eigenvalue weighted by molar-refractivity contribution is 6.03. The Morgan fingerprint density at radius 3 is 2.42 bits per heavy atom. The van der Waals surface area contributed by atoms with Crippen molar-refractivity contribution >= 4 is 17.6 Å². The number of benzene rings is 1. The first kappa shape index (κ1) is 14.6. The number of ether oxygens (including phenoxy) is 1. The van der Waals surface area contributed by atoms with Crippen molar-refractivity contribution in [3.05, 3.63) is 41.7 Å². The number of rotatable bonds is 5. The summed E-state index contributed by atoms with van der Waals surface area (Å²) >= 11 is 0. The number of carbonyl (C=O) groups is 2. The Balaban J connectivity index is 2.80. The molecule has 4 N–H and O–H groups in total. The molecule has 0 bridgehead atoms. The summed E-state index contributed by atoms with van der Waals surface area (Å²) in [4.78, 5) is 23.1. The van der Waals surface area contributed by atoms with Crippen LogP contribution >= 0.6 is 0 Å². The van der Waals surface area contributed by atoms with Gasteiger partial charge < -0.3 is 21.1 Å². The second-order valence-corrected chi connectivity index (χ2v) is 3.72. The second-order valence-electron chi connectivity index (χ2n) is 3.72. The molecule has 1 aromatic rings. The zero-order chi connectivity index (χ0) is 14.3. The summed E-state index contributed by atoms with van der Waals surface area (Å²) in [6, 6.07) is 8.91. The smallest absolute Gasteiger partial charge is 0.311 e. The number of esters is 1. The van der Waals surface area contributed by atoms with Crippen molar-refractivity contribution in [1.29, 1.82) is 0 Å². The molecule has 0 saturated heterocycles. The van der Waals surface area contributed by atoms with Crippen molar-refractivity contribution in [2.45, 2.75) is 6.42 Å². The normalized spacial score (nSPS) is 11.3. The maximum atomic E-state index is 11.9. The van der Waals surface area contributed by atoms with Gasteiger partial charge in [-0.25, -0.2) is 0 Å². The van der Waals surface area contributed by atoms with E-state index in [1.807, 2.05) is 6.07 Å². The highest BCUT2D eigenvalue weighted by Gasteiger charge is 2.14. The molecule has 0 aliphatic heterocycles. The molecular weight excluding hydrogens is 246 g/mol. The van der Waals surface area contributed by atoms with E-state index < -0.39 is 11.9 Å². The minimum Gasteiger partial charge on any atom is -0.469 e. The molecule has 0 unspecified atom stereocenters. The third-order valence-corrected chi connectivity index (χ3v) is 2.45. The van der Waals surface area contributed by atoms with Crippen molar-refractivity contribution in [2.75, 3.05) is 19.5 Å². The van der Waals surface area contributed by atoms with Crippen molar-refractivity contribution in [2.24, 2.45) is 5.73 Å². The van der Waals surface area contributed by atoms with Gasteiger partial charge >= 0.3 is 5.97 Å². The Kier molecular flexibility index (Phi) is 5.40. The molecule has 19 heavy (non-hydrogen) atoms. The summed E-state index contributed by atoms with van der Waals surface area (Å²) in [6.45, 7) is 0. The number of methoxy groups -OCH3 is 1. The molecule has 0 aliphatic carbocycles. The lowest BCUT2D eigenvalue weighted by Gasteiger charge is -2.11. The van der Waals surface area contributed by atoms with Crippen LogP contribution in [0.15, 0.2) is 41.7 Å². The molecule has 1 rings (SSSR count). The van der Waals surface area contributed by atoms with Gasteiger partial charge in [-0.1, -0.05) is 18.2 Å². The van der Waals surface area contributed by atoms with Crippen LogP contribution in [0.2, 0.25) is 0 Å². The first-order valence-electron chi connectivity index (χ1n) is 5.68. The van der Waals surface area contributed by atoms with E-state index in [2.05, 4.69) is 15.4 Å². The van der Waals surface area contributed by atoms with E-state index in [0.29, 0.717) is 11.4 Å². The molecule has 6 heteroatoms. The highest BCUT2D eigenvalue weighted by Crippen LogP contribution is 2.08. The molecule has 0 spiro atoms. The van der Waals surface area contributed by atoms with Crippen LogP contribution in [0.3, 0.4) is 0 Å². The summed E-state index contributed by atoms with van der Waals surface area (Å²) in [5.41, 5.74) is 6.62. The van der Waals surface area contributed by atoms with Crippen LogP contribution in [0.25, 0.3) is 0 Å². The number of anilines is 1. The fraction of sp³-hybridized carbons (Fsp3) is 0.231. The van der Waals surface area contributed by atoms with Crippen LogP contribution < -0.4 is 16.4 Å². The molecule has 1 amide bonds. The van der Waals surface area contributed by atoms with Crippen LogP contribution in [-0.2, 0) is 14.3 Å². The topological polar surface area (TPSA) is 93.4 Å². The molecule has 0 aliphatic rings. The lowest BCUT2D eigenvalue weighted by atomic mass is 10.2. The summed E-state index contributed by atoms with van der Waals surface area (Å²) in [7, 11) is 2.86. The van der Waals surface area contributed by atoms with E-state index in [9.17, 15) is 9.59 Å². The van der Waals surface area contributed by atoms with E-state index in [1.165, 1.54) is 7.11 Å². The molecule has 6 nitrogen and oxygen atoms in total. The number of para-hydroxylation sites is 1. The van der Waals surface area contributed by atoms with E-state index >= 15 is 0 Å². The molecular formula is C13H17N3O3. The number of hydrogen-bond donors (Lipinski definition) is 3. The quantitative estimate of drug-likeness (QED) is 0.533. The van der Waals surface area contributed by atoms with Gasteiger partial charge in [0.2, 0.25) is 0 Å². The van der Waals surface area contributed by atoms with Crippen molar-refractivity contribution in [3.63, 3.8) is 0 Å². The first-order valence-corrected chi connectivity index (χ1v) is 5.68. The van der Waals surface area contributed by atoms with Crippen LogP contribution in [0, 0.1) is 0 Å². The van der Waals surface area contributed by atoms with E-state index in [0.717, 1.165) is 0 Å². The average Bonchev–Trinajstić information content (AvgIpc) is 2.44. The van der Waals surface area contributed by atoms with Crippen LogP contribution in [0.4, 0.5) is 5.69 Å². The number of hydrogen-bond acceptors (Lipinski definition) is 5. The fourth-order valence-electron chi connectivity index (χ4n) is 1.39. The molecule has 0 saturated carbocycles. The molecule has 0 radical (unpaired) electrons. The standard InChI is InChI=1S/C13H17N3O3/c1-15-10(8-11(17)19-2)12(14)13(18)16-9-6-4-3-5-7-9/h3-7,15H,8,14H2,1-2H3,(H,16,18)/b12-10+. The highest BCUT2D eigenvalue weighted by atomic mass is 16.5. The second kappa shape index (κ2) is 7.05. The van der Waals surface area contributed by atoms with E-state index in [4.69, 9.17) is 5.73 Å². The Morgan fingerprint density at radius 2 is 1.89 bits per heavy atom.